The molecular formula is C35H31N. The molecule has 0 aliphatic carbocycles. The van der Waals surface area contributed by atoms with E-state index in [0.717, 1.165) is 17.1 Å². The van der Waals surface area contributed by atoms with Gasteiger partial charge in [-0.05, 0) is 85.0 Å². The summed E-state index contributed by atoms with van der Waals surface area (Å²) in [4.78, 5) is 2.32. The second kappa shape index (κ2) is 10.5. The normalized spacial score (nSPS) is 10.6. The molecular weight excluding hydrogens is 434 g/mol. The van der Waals surface area contributed by atoms with Crippen LogP contribution in [0.4, 0.5) is 17.1 Å². The second-order valence-electron chi connectivity index (χ2n) is 9.29. The molecule has 0 radical (unpaired) electrons. The van der Waals surface area contributed by atoms with Gasteiger partial charge >= 0.3 is 0 Å². The minimum Gasteiger partial charge on any atom is -0.311 e. The molecule has 176 valence electrons. The van der Waals surface area contributed by atoms with Crippen molar-refractivity contribution in [1.29, 1.82) is 0 Å². The average Bonchev–Trinajstić information content (AvgIpc) is 2.93. The third-order valence-electron chi connectivity index (χ3n) is 6.64. The van der Waals surface area contributed by atoms with Gasteiger partial charge in [0.1, 0.15) is 0 Å². The number of nitrogens with zero attached hydrogens (tertiary/aromatic N) is 1. The first-order valence-electron chi connectivity index (χ1n) is 12.5. The lowest BCUT2D eigenvalue weighted by Crippen LogP contribution is -2.10. The summed E-state index contributed by atoms with van der Waals surface area (Å²) >= 11 is 0. The van der Waals surface area contributed by atoms with E-state index in [2.05, 4.69) is 159 Å². The Morgan fingerprint density at radius 1 is 0.417 bits per heavy atom. The summed E-state index contributed by atoms with van der Waals surface area (Å²) < 4.78 is 0. The zero-order chi connectivity index (χ0) is 24.9. The summed E-state index contributed by atoms with van der Waals surface area (Å²) in [5, 5.41) is 0. The molecule has 0 saturated carbocycles. The van der Waals surface area contributed by atoms with Crippen molar-refractivity contribution < 1.29 is 0 Å². The second-order valence-corrected chi connectivity index (χ2v) is 9.29. The number of hydrogen-bond donors (Lipinski definition) is 0. The van der Waals surface area contributed by atoms with Gasteiger partial charge in [0.2, 0.25) is 0 Å². The lowest BCUT2D eigenvalue weighted by atomic mass is 9.90. The molecule has 5 rings (SSSR count). The Kier molecular flexibility index (Phi) is 6.82. The van der Waals surface area contributed by atoms with Gasteiger partial charge in [0.25, 0.3) is 0 Å². The van der Waals surface area contributed by atoms with Gasteiger partial charge in [0.15, 0.2) is 0 Å². The molecule has 5 aromatic rings. The van der Waals surface area contributed by atoms with Crippen molar-refractivity contribution in [2.24, 2.45) is 0 Å². The zero-order valence-corrected chi connectivity index (χ0v) is 21.1. The van der Waals surface area contributed by atoms with E-state index in [-0.39, 0.29) is 0 Å². The lowest BCUT2D eigenvalue weighted by Gasteiger charge is -2.26. The van der Waals surface area contributed by atoms with Crippen LogP contribution in [0.2, 0.25) is 0 Å². The maximum absolute atomic E-state index is 2.32. The largest absolute Gasteiger partial charge is 0.311 e. The first kappa shape index (κ1) is 23.4. The van der Waals surface area contributed by atoms with E-state index in [9.17, 15) is 0 Å². The van der Waals surface area contributed by atoms with Crippen LogP contribution in [0.25, 0.3) is 11.1 Å². The fourth-order valence-electron chi connectivity index (χ4n) is 4.65. The number of benzene rings is 5. The quantitative estimate of drug-likeness (QED) is 0.226. The van der Waals surface area contributed by atoms with Crippen LogP contribution in [0.15, 0.2) is 133 Å². The average molecular weight is 466 g/mol. The van der Waals surface area contributed by atoms with Crippen LogP contribution in [-0.2, 0) is 0 Å². The Bertz CT molecular complexity index is 1360. The molecule has 0 aromatic heterocycles. The summed E-state index contributed by atoms with van der Waals surface area (Å²) in [5.41, 5.74) is 12.2. The molecule has 5 aromatic carbocycles. The van der Waals surface area contributed by atoms with Crippen LogP contribution < -0.4 is 4.90 Å². The van der Waals surface area contributed by atoms with Crippen LogP contribution in [0.5, 0.6) is 0 Å². The van der Waals surface area contributed by atoms with E-state index in [4.69, 9.17) is 0 Å². The first-order chi connectivity index (χ1) is 17.6. The Labute approximate surface area is 215 Å². The van der Waals surface area contributed by atoms with Crippen molar-refractivity contribution in [3.8, 4) is 0 Å². The molecule has 0 unspecified atom stereocenters. The Morgan fingerprint density at radius 2 is 0.778 bits per heavy atom. The molecule has 0 spiro atoms. The predicted molar refractivity (Wildman–Crippen MR) is 155 cm³/mol. The van der Waals surface area contributed by atoms with Crippen LogP contribution >= 0.6 is 0 Å². The topological polar surface area (TPSA) is 3.24 Å². The standard InChI is InChI=1S/C35H31N/c1-26-14-20-32(21-15-26)36(33-22-16-27(2)17-23-33)34-24-18-29(19-25-34)28(3)35(30-10-6-4-7-11-30)31-12-8-5-9-13-31/h4-25H,1-3H3. The van der Waals surface area contributed by atoms with Gasteiger partial charge in [-0.3, -0.25) is 0 Å². The SMILES string of the molecule is CC(=C(c1ccccc1)c1ccccc1)c1ccc(N(c2ccc(C)cc2)c2ccc(C)cc2)cc1. The molecule has 0 heterocycles. The molecule has 36 heavy (non-hydrogen) atoms. The van der Waals surface area contributed by atoms with Gasteiger partial charge in [0.05, 0.1) is 0 Å². The van der Waals surface area contributed by atoms with Gasteiger partial charge in [-0.1, -0.05) is 108 Å². The highest BCUT2D eigenvalue weighted by atomic mass is 15.1. The number of allylic oxidation sites excluding steroid dienone is 1. The first-order valence-corrected chi connectivity index (χ1v) is 12.5. The summed E-state index contributed by atoms with van der Waals surface area (Å²) in [5.74, 6) is 0. The van der Waals surface area contributed by atoms with Crippen molar-refractivity contribution in [1.82, 2.24) is 0 Å². The van der Waals surface area contributed by atoms with Crippen molar-refractivity contribution in [2.75, 3.05) is 4.90 Å². The lowest BCUT2D eigenvalue weighted by molar-refractivity contribution is 1.27. The molecule has 0 bridgehead atoms. The minimum absolute atomic E-state index is 1.14. The van der Waals surface area contributed by atoms with Crippen molar-refractivity contribution in [3.63, 3.8) is 0 Å². The monoisotopic (exact) mass is 465 g/mol. The maximum Gasteiger partial charge on any atom is 0.0462 e. The molecule has 0 saturated heterocycles. The van der Waals surface area contributed by atoms with Crippen molar-refractivity contribution >= 4 is 28.2 Å². The third kappa shape index (κ3) is 5.01. The van der Waals surface area contributed by atoms with E-state index in [0.29, 0.717) is 0 Å². The summed E-state index contributed by atoms with van der Waals surface area (Å²) in [7, 11) is 0. The third-order valence-corrected chi connectivity index (χ3v) is 6.64. The molecule has 0 atom stereocenters. The van der Waals surface area contributed by atoms with Gasteiger partial charge in [-0.2, -0.15) is 0 Å². The minimum atomic E-state index is 1.14. The molecule has 1 nitrogen and oxygen atoms in total. The Hall–Kier alpha value is -4.36. The number of anilines is 3. The van der Waals surface area contributed by atoms with E-state index in [1.165, 1.54) is 39.0 Å². The van der Waals surface area contributed by atoms with Crippen LogP contribution in [0, 0.1) is 13.8 Å². The highest BCUT2D eigenvalue weighted by Crippen LogP contribution is 2.37. The smallest absolute Gasteiger partial charge is 0.0462 e. The predicted octanol–water partition coefficient (Wildman–Crippen LogP) is 9.75. The van der Waals surface area contributed by atoms with Gasteiger partial charge < -0.3 is 4.90 Å². The molecule has 0 fully saturated rings. The van der Waals surface area contributed by atoms with Crippen molar-refractivity contribution in [2.45, 2.75) is 20.8 Å². The van der Waals surface area contributed by atoms with Crippen LogP contribution in [0.3, 0.4) is 0 Å². The highest BCUT2D eigenvalue weighted by molar-refractivity contribution is 5.98. The molecule has 0 aliphatic heterocycles. The van der Waals surface area contributed by atoms with Crippen LogP contribution in [-0.4, -0.2) is 0 Å². The van der Waals surface area contributed by atoms with E-state index < -0.39 is 0 Å². The van der Waals surface area contributed by atoms with E-state index >= 15 is 0 Å². The van der Waals surface area contributed by atoms with E-state index in [1.807, 2.05) is 0 Å². The van der Waals surface area contributed by atoms with Crippen molar-refractivity contribution in [3.05, 3.63) is 161 Å². The fraction of sp³-hybridized carbons (Fsp3) is 0.0857. The maximum atomic E-state index is 2.32. The molecule has 0 N–H and O–H groups in total. The Balaban J connectivity index is 1.59. The van der Waals surface area contributed by atoms with E-state index in [1.54, 1.807) is 0 Å². The Morgan fingerprint density at radius 3 is 1.17 bits per heavy atom. The van der Waals surface area contributed by atoms with Gasteiger partial charge in [0, 0.05) is 17.1 Å². The zero-order valence-electron chi connectivity index (χ0n) is 21.1. The number of hydrogen-bond acceptors (Lipinski definition) is 1. The summed E-state index contributed by atoms with van der Waals surface area (Å²) in [6.07, 6.45) is 0. The molecule has 0 aliphatic rings. The molecule has 1 heteroatoms. The van der Waals surface area contributed by atoms with Gasteiger partial charge in [-0.25, -0.2) is 0 Å². The number of rotatable bonds is 6. The molecule has 0 amide bonds. The summed E-state index contributed by atoms with van der Waals surface area (Å²) in [6, 6.07) is 47.7. The number of aryl methyl sites for hydroxylation is 2. The highest BCUT2D eigenvalue weighted by Gasteiger charge is 2.14. The van der Waals surface area contributed by atoms with Crippen LogP contribution in [0.1, 0.15) is 34.7 Å². The summed E-state index contributed by atoms with van der Waals surface area (Å²) in [6.45, 7) is 6.48. The van der Waals surface area contributed by atoms with Gasteiger partial charge in [-0.15, -0.1) is 0 Å². The fourth-order valence-corrected chi connectivity index (χ4v) is 4.65.